The van der Waals surface area contributed by atoms with Gasteiger partial charge in [-0.1, -0.05) is 92.5 Å². The first-order chi connectivity index (χ1) is 14.1. The lowest BCUT2D eigenvalue weighted by Crippen LogP contribution is -2.00. The maximum absolute atomic E-state index is 3.94. The van der Waals surface area contributed by atoms with Crippen LogP contribution in [0.2, 0.25) is 0 Å². The summed E-state index contributed by atoms with van der Waals surface area (Å²) in [6.07, 6.45) is 24.4. The average Bonchev–Trinajstić information content (AvgIpc) is 2.66. The van der Waals surface area contributed by atoms with E-state index in [1.807, 2.05) is 0 Å². The molecule has 0 heterocycles. The van der Waals surface area contributed by atoms with E-state index >= 15 is 0 Å². The third-order valence-electron chi connectivity index (χ3n) is 5.61. The SMILES string of the molecule is C=CC(C)C/C=C(/C/C=C(\C)CC/C=C(\C)CCC=C(C)C)C(C)C/C=C/C(C)C. The van der Waals surface area contributed by atoms with Gasteiger partial charge in [0.2, 0.25) is 0 Å². The molecule has 0 saturated carbocycles. The van der Waals surface area contributed by atoms with Crippen LogP contribution in [0, 0.1) is 17.8 Å². The van der Waals surface area contributed by atoms with Gasteiger partial charge in [-0.05, 0) is 90.4 Å². The van der Waals surface area contributed by atoms with Crippen LogP contribution in [0.3, 0.4) is 0 Å². The molecule has 30 heavy (non-hydrogen) atoms. The molecule has 0 rings (SSSR count). The minimum absolute atomic E-state index is 0.544. The van der Waals surface area contributed by atoms with E-state index in [-0.39, 0.29) is 0 Å². The van der Waals surface area contributed by atoms with Crippen LogP contribution < -0.4 is 0 Å². The van der Waals surface area contributed by atoms with Crippen LogP contribution in [-0.2, 0) is 0 Å². The molecule has 170 valence electrons. The van der Waals surface area contributed by atoms with Gasteiger partial charge in [-0.25, -0.2) is 0 Å². The van der Waals surface area contributed by atoms with Crippen molar-refractivity contribution in [3.05, 3.63) is 71.4 Å². The van der Waals surface area contributed by atoms with Crippen molar-refractivity contribution in [1.29, 1.82) is 0 Å². The topological polar surface area (TPSA) is 0 Å². The van der Waals surface area contributed by atoms with E-state index < -0.39 is 0 Å². The highest BCUT2D eigenvalue weighted by atomic mass is 14.1. The lowest BCUT2D eigenvalue weighted by atomic mass is 9.91. The molecule has 0 bridgehead atoms. The van der Waals surface area contributed by atoms with Crippen LogP contribution in [0.5, 0.6) is 0 Å². The normalized spacial score (nSPS) is 15.6. The van der Waals surface area contributed by atoms with E-state index in [4.69, 9.17) is 0 Å². The summed E-state index contributed by atoms with van der Waals surface area (Å²) in [5.41, 5.74) is 6.02. The fourth-order valence-electron chi connectivity index (χ4n) is 3.26. The number of hydrogen-bond acceptors (Lipinski definition) is 0. The Hall–Kier alpha value is -1.56. The van der Waals surface area contributed by atoms with E-state index in [1.54, 1.807) is 5.57 Å². The molecule has 0 aliphatic heterocycles. The zero-order valence-corrected chi connectivity index (χ0v) is 21.4. The highest BCUT2D eigenvalue weighted by Crippen LogP contribution is 2.23. The van der Waals surface area contributed by atoms with E-state index in [1.165, 1.54) is 29.6 Å². The minimum Gasteiger partial charge on any atom is -0.103 e. The van der Waals surface area contributed by atoms with Gasteiger partial charge in [0.15, 0.2) is 0 Å². The minimum atomic E-state index is 0.544. The lowest BCUT2D eigenvalue weighted by molar-refractivity contribution is 0.655. The molecule has 0 aromatic carbocycles. The predicted molar refractivity (Wildman–Crippen MR) is 140 cm³/mol. The van der Waals surface area contributed by atoms with Crippen LogP contribution in [0.1, 0.15) is 100 Å². The van der Waals surface area contributed by atoms with Crippen LogP contribution in [0.4, 0.5) is 0 Å². The van der Waals surface area contributed by atoms with Gasteiger partial charge in [0, 0.05) is 0 Å². The summed E-state index contributed by atoms with van der Waals surface area (Å²) >= 11 is 0. The molecule has 0 aromatic rings. The molecule has 2 atom stereocenters. The van der Waals surface area contributed by atoms with Gasteiger partial charge in [-0.2, -0.15) is 0 Å². The van der Waals surface area contributed by atoms with Crippen molar-refractivity contribution < 1.29 is 0 Å². The molecule has 0 heteroatoms. The van der Waals surface area contributed by atoms with Crippen molar-refractivity contribution >= 4 is 0 Å². The molecular formula is C30H50. The van der Waals surface area contributed by atoms with Crippen LogP contribution in [0.15, 0.2) is 71.4 Å². The number of rotatable bonds is 15. The lowest BCUT2D eigenvalue weighted by Gasteiger charge is -2.15. The zero-order chi connectivity index (χ0) is 22.9. The summed E-state index contributed by atoms with van der Waals surface area (Å²) < 4.78 is 0. The fraction of sp³-hybridized carbons (Fsp3) is 0.600. The van der Waals surface area contributed by atoms with Crippen LogP contribution in [0.25, 0.3) is 0 Å². The smallest absolute Gasteiger partial charge is 0.0133 e. The molecule has 0 N–H and O–H groups in total. The van der Waals surface area contributed by atoms with Crippen molar-refractivity contribution in [1.82, 2.24) is 0 Å². The Kier molecular flexibility index (Phi) is 16.3. The van der Waals surface area contributed by atoms with Gasteiger partial charge in [0.1, 0.15) is 0 Å². The van der Waals surface area contributed by atoms with Crippen molar-refractivity contribution in [2.75, 3.05) is 0 Å². The molecule has 0 aromatic heterocycles. The number of allylic oxidation sites excluding steroid dienone is 11. The van der Waals surface area contributed by atoms with E-state index in [0.717, 1.165) is 32.1 Å². The van der Waals surface area contributed by atoms with Gasteiger partial charge in [-0.15, -0.1) is 6.58 Å². The van der Waals surface area contributed by atoms with Gasteiger partial charge < -0.3 is 0 Å². The Morgan fingerprint density at radius 1 is 0.767 bits per heavy atom. The highest BCUT2D eigenvalue weighted by Gasteiger charge is 2.07. The largest absolute Gasteiger partial charge is 0.103 e. The Bertz CT molecular complexity index is 614. The van der Waals surface area contributed by atoms with Crippen molar-refractivity contribution in [2.45, 2.75) is 100 Å². The summed E-state index contributed by atoms with van der Waals surface area (Å²) in [7, 11) is 0. The summed E-state index contributed by atoms with van der Waals surface area (Å²) in [4.78, 5) is 0. The molecule has 0 fully saturated rings. The van der Waals surface area contributed by atoms with Crippen LogP contribution >= 0.6 is 0 Å². The van der Waals surface area contributed by atoms with Gasteiger partial charge in [0.25, 0.3) is 0 Å². The summed E-state index contributed by atoms with van der Waals surface area (Å²) in [5.74, 6) is 1.77. The molecule has 0 spiro atoms. The standard InChI is InChI=1S/C30H50/c1-10-26(6)20-22-30(29(9)19-12-15-25(4)5)23-21-28(8)18-13-17-27(7)16-11-14-24(2)3/h10,12,14-15,17,21-22,25-26,29H,1,11,13,16,18-20,23H2,2-9H3/b15-12+,27-17+,28-21+,30-22-. The Balaban J connectivity index is 4.81. The fourth-order valence-corrected chi connectivity index (χ4v) is 3.26. The molecule has 0 nitrogen and oxygen atoms in total. The third-order valence-corrected chi connectivity index (χ3v) is 5.61. The molecule has 0 radical (unpaired) electrons. The van der Waals surface area contributed by atoms with Crippen molar-refractivity contribution in [2.24, 2.45) is 17.8 Å². The molecule has 0 saturated heterocycles. The molecule has 0 aliphatic rings. The van der Waals surface area contributed by atoms with Gasteiger partial charge >= 0.3 is 0 Å². The first kappa shape index (κ1) is 28.4. The second kappa shape index (κ2) is 17.2. The van der Waals surface area contributed by atoms with Gasteiger partial charge in [0.05, 0.1) is 0 Å². The second-order valence-corrected chi connectivity index (χ2v) is 9.70. The Morgan fingerprint density at radius 3 is 1.93 bits per heavy atom. The second-order valence-electron chi connectivity index (χ2n) is 9.70. The van der Waals surface area contributed by atoms with Crippen LogP contribution in [-0.4, -0.2) is 0 Å². The third kappa shape index (κ3) is 16.3. The summed E-state index contributed by atoms with van der Waals surface area (Å²) in [5, 5.41) is 0. The van der Waals surface area contributed by atoms with Gasteiger partial charge in [-0.3, -0.25) is 0 Å². The summed E-state index contributed by atoms with van der Waals surface area (Å²) in [6, 6.07) is 0. The monoisotopic (exact) mass is 410 g/mol. The maximum atomic E-state index is 3.94. The van der Waals surface area contributed by atoms with E-state index in [0.29, 0.717) is 17.8 Å². The Morgan fingerprint density at radius 2 is 1.37 bits per heavy atom. The van der Waals surface area contributed by atoms with E-state index in [9.17, 15) is 0 Å². The first-order valence-corrected chi connectivity index (χ1v) is 12.1. The number of hydrogen-bond donors (Lipinski definition) is 0. The average molecular weight is 411 g/mol. The van der Waals surface area contributed by atoms with Crippen molar-refractivity contribution in [3.8, 4) is 0 Å². The quantitative estimate of drug-likeness (QED) is 0.235. The Labute approximate surface area is 189 Å². The zero-order valence-electron chi connectivity index (χ0n) is 21.4. The molecular weight excluding hydrogens is 360 g/mol. The highest BCUT2D eigenvalue weighted by molar-refractivity contribution is 5.16. The first-order valence-electron chi connectivity index (χ1n) is 12.1. The molecule has 2 unspecified atom stereocenters. The summed E-state index contributed by atoms with van der Waals surface area (Å²) in [6.45, 7) is 22.0. The predicted octanol–water partition coefficient (Wildman–Crippen LogP) is 10.2. The van der Waals surface area contributed by atoms with E-state index in [2.05, 4.69) is 105 Å². The molecule has 0 aliphatic carbocycles. The molecule has 0 amide bonds. The van der Waals surface area contributed by atoms with Crippen molar-refractivity contribution in [3.63, 3.8) is 0 Å². The maximum Gasteiger partial charge on any atom is -0.0133 e.